The third-order valence-corrected chi connectivity index (χ3v) is 8.70. The van der Waals surface area contributed by atoms with Crippen molar-refractivity contribution in [3.8, 4) is 0 Å². The average molecular weight is 704 g/mol. The zero-order valence-electron chi connectivity index (χ0n) is 25.9. The summed E-state index contributed by atoms with van der Waals surface area (Å²) < 4.78 is 61.7. The molecule has 2 aliphatic rings. The highest BCUT2D eigenvalue weighted by molar-refractivity contribution is 7.13. The molecule has 19 heteroatoms. The molecule has 1 fully saturated rings. The topological polar surface area (TPSA) is 156 Å². The molecule has 5 heterocycles. The SMILES string of the molecule is CCc1c(N2CCN(C(=O)C(=O)Nc3nccs3)CC2)c(=O)n2nc(C3=CCOCC3)nc2n1CC(=O)Nc1ccc(C(F)(F)F)cc1F. The lowest BCUT2D eigenvalue weighted by atomic mass is 10.1. The fraction of sp³-hybridized carbons (Fsp3) is 0.367. The van der Waals surface area contributed by atoms with E-state index in [9.17, 15) is 36.7 Å². The van der Waals surface area contributed by atoms with Crippen LogP contribution >= 0.6 is 11.3 Å². The quantitative estimate of drug-likeness (QED) is 0.218. The molecular weight excluding hydrogens is 674 g/mol. The van der Waals surface area contributed by atoms with Crippen molar-refractivity contribution in [1.82, 2.24) is 29.0 Å². The second-order valence-corrected chi connectivity index (χ2v) is 11.9. The first-order valence-corrected chi connectivity index (χ1v) is 16.0. The van der Waals surface area contributed by atoms with E-state index < -0.39 is 53.1 Å². The van der Waals surface area contributed by atoms with Crippen molar-refractivity contribution in [1.29, 1.82) is 0 Å². The van der Waals surface area contributed by atoms with Gasteiger partial charge in [0.2, 0.25) is 11.7 Å². The second kappa shape index (κ2) is 13.7. The Morgan fingerprint density at radius 2 is 1.88 bits per heavy atom. The number of halogens is 4. The van der Waals surface area contributed by atoms with E-state index in [1.54, 1.807) is 23.3 Å². The number of hydrogen-bond donors (Lipinski definition) is 2. The Morgan fingerprint density at radius 3 is 2.51 bits per heavy atom. The van der Waals surface area contributed by atoms with Crippen molar-refractivity contribution in [2.24, 2.45) is 0 Å². The summed E-state index contributed by atoms with van der Waals surface area (Å²) in [5.41, 5.74) is -0.863. The first-order chi connectivity index (χ1) is 23.4. The molecule has 4 aromatic rings. The largest absolute Gasteiger partial charge is 0.416 e. The molecule has 3 aromatic heterocycles. The van der Waals surface area contributed by atoms with Crippen molar-refractivity contribution >= 4 is 56.9 Å². The maximum Gasteiger partial charge on any atom is 0.416 e. The number of nitrogens with one attached hydrogen (secondary N) is 2. The Hall–Kier alpha value is -5.17. The lowest BCUT2D eigenvalue weighted by molar-refractivity contribution is -0.143. The number of hydrogen-bond acceptors (Lipinski definition) is 10. The molecule has 0 atom stereocenters. The molecule has 2 aliphatic heterocycles. The van der Waals surface area contributed by atoms with Crippen molar-refractivity contribution in [3.63, 3.8) is 0 Å². The van der Waals surface area contributed by atoms with E-state index in [-0.39, 0.29) is 55.0 Å². The highest BCUT2D eigenvalue weighted by Gasteiger charge is 2.33. The normalized spacial score (nSPS) is 15.3. The predicted molar refractivity (Wildman–Crippen MR) is 170 cm³/mol. The highest BCUT2D eigenvalue weighted by Crippen LogP contribution is 2.31. The Kier molecular flexibility index (Phi) is 9.46. The predicted octanol–water partition coefficient (Wildman–Crippen LogP) is 2.80. The molecule has 0 bridgehead atoms. The Balaban J connectivity index is 1.31. The van der Waals surface area contributed by atoms with Crippen molar-refractivity contribution in [2.75, 3.05) is 54.9 Å². The molecule has 0 saturated carbocycles. The van der Waals surface area contributed by atoms with Gasteiger partial charge in [-0.25, -0.2) is 9.37 Å². The van der Waals surface area contributed by atoms with Crippen molar-refractivity contribution < 1.29 is 36.7 Å². The number of aromatic nitrogens is 5. The number of anilines is 3. The minimum Gasteiger partial charge on any atom is -0.377 e. The van der Waals surface area contributed by atoms with Gasteiger partial charge in [-0.1, -0.05) is 13.0 Å². The van der Waals surface area contributed by atoms with Crippen LogP contribution in [-0.4, -0.2) is 86.2 Å². The number of alkyl halides is 3. The van der Waals surface area contributed by atoms with E-state index in [0.29, 0.717) is 37.5 Å². The zero-order chi connectivity index (χ0) is 34.9. The summed E-state index contributed by atoms with van der Waals surface area (Å²) in [6.07, 6.45) is -0.770. The van der Waals surface area contributed by atoms with Crippen LogP contribution in [0.25, 0.3) is 11.4 Å². The van der Waals surface area contributed by atoms with Gasteiger partial charge in [0.15, 0.2) is 11.0 Å². The van der Waals surface area contributed by atoms with E-state index in [1.165, 1.54) is 27.0 Å². The molecule has 49 heavy (non-hydrogen) atoms. The Morgan fingerprint density at radius 1 is 1.10 bits per heavy atom. The summed E-state index contributed by atoms with van der Waals surface area (Å²) >= 11 is 1.17. The van der Waals surface area contributed by atoms with E-state index in [4.69, 9.17) is 4.74 Å². The molecule has 14 nitrogen and oxygen atoms in total. The van der Waals surface area contributed by atoms with Gasteiger partial charge in [-0.2, -0.15) is 22.7 Å². The van der Waals surface area contributed by atoms with Gasteiger partial charge in [-0.05, 0) is 36.6 Å². The van der Waals surface area contributed by atoms with Gasteiger partial charge in [-0.3, -0.25) is 24.5 Å². The highest BCUT2D eigenvalue weighted by atomic mass is 32.1. The van der Waals surface area contributed by atoms with Crippen LogP contribution in [0, 0.1) is 5.82 Å². The summed E-state index contributed by atoms with van der Waals surface area (Å²) in [7, 11) is 0. The fourth-order valence-corrected chi connectivity index (χ4v) is 6.16. The van der Waals surface area contributed by atoms with Crippen LogP contribution < -0.4 is 21.1 Å². The van der Waals surface area contributed by atoms with Crippen LogP contribution in [0.15, 0.2) is 40.6 Å². The van der Waals surface area contributed by atoms with E-state index in [1.807, 2.05) is 0 Å². The Bertz CT molecular complexity index is 2000. The lowest BCUT2D eigenvalue weighted by Gasteiger charge is -2.36. The van der Waals surface area contributed by atoms with E-state index in [2.05, 4.69) is 25.7 Å². The number of carbonyl (C=O) groups excluding carboxylic acids is 3. The number of piperazine rings is 1. The average Bonchev–Trinajstić information content (AvgIpc) is 3.77. The third-order valence-electron chi connectivity index (χ3n) is 8.01. The zero-order valence-corrected chi connectivity index (χ0v) is 26.7. The molecule has 0 aliphatic carbocycles. The molecule has 258 valence electrons. The van der Waals surface area contributed by atoms with E-state index in [0.717, 1.165) is 16.2 Å². The van der Waals surface area contributed by atoms with Crippen LogP contribution in [0.2, 0.25) is 0 Å². The van der Waals surface area contributed by atoms with Crippen LogP contribution in [0.1, 0.15) is 30.4 Å². The van der Waals surface area contributed by atoms with E-state index >= 15 is 0 Å². The molecule has 1 saturated heterocycles. The van der Waals surface area contributed by atoms with Gasteiger partial charge < -0.3 is 24.4 Å². The maximum atomic E-state index is 14.6. The first kappa shape index (κ1) is 33.7. The molecule has 1 aromatic carbocycles. The summed E-state index contributed by atoms with van der Waals surface area (Å²) in [6.45, 7) is 2.56. The molecule has 2 N–H and O–H groups in total. The van der Waals surface area contributed by atoms with Crippen LogP contribution in [0.3, 0.4) is 0 Å². The minimum atomic E-state index is -4.77. The summed E-state index contributed by atoms with van der Waals surface area (Å²) in [6, 6.07) is 1.78. The maximum absolute atomic E-state index is 14.6. The molecule has 0 spiro atoms. The molecule has 3 amide bonds. The van der Waals surface area contributed by atoms with Crippen LogP contribution in [0.4, 0.5) is 34.1 Å². The lowest BCUT2D eigenvalue weighted by Crippen LogP contribution is -2.53. The van der Waals surface area contributed by atoms with Gasteiger partial charge in [0.05, 0.1) is 30.2 Å². The number of thiazole rings is 1. The summed E-state index contributed by atoms with van der Waals surface area (Å²) in [5.74, 6) is -3.37. The van der Waals surface area contributed by atoms with Gasteiger partial charge in [0.25, 0.3) is 5.56 Å². The molecular formula is C30H29F4N9O5S. The van der Waals surface area contributed by atoms with Crippen molar-refractivity contribution in [2.45, 2.75) is 32.5 Å². The Labute approximate surface area is 279 Å². The summed E-state index contributed by atoms with van der Waals surface area (Å²) in [5, 5.41) is 11.2. The second-order valence-electron chi connectivity index (χ2n) is 11.1. The number of amides is 3. The standard InChI is InChI=1S/C30H29F4N9O5S/c1-2-21-23(40-8-10-41(11-9-40)27(47)25(45)38-28-35-7-14-49-28)26(46)43-29(37-24(39-43)17-5-12-48-13-6-17)42(21)16-22(44)36-20-4-3-18(15-19(20)31)30(32,33)34/h3-5,7,14-15H,2,6,8-13,16H2,1H3,(H,36,44)(H,35,38,45). The molecule has 0 unspecified atom stereocenters. The first-order valence-electron chi connectivity index (χ1n) is 15.2. The molecule has 0 radical (unpaired) electrons. The third kappa shape index (κ3) is 7.02. The number of rotatable bonds is 7. The number of benzene rings is 1. The monoisotopic (exact) mass is 703 g/mol. The number of nitrogens with zero attached hydrogens (tertiary/aromatic N) is 7. The minimum absolute atomic E-state index is 0.0312. The van der Waals surface area contributed by atoms with Gasteiger partial charge in [0, 0.05) is 37.8 Å². The number of ether oxygens (including phenoxy) is 1. The smallest absolute Gasteiger partial charge is 0.377 e. The fourth-order valence-electron chi connectivity index (χ4n) is 5.63. The molecule has 6 rings (SSSR count). The number of fused-ring (bicyclic) bond motifs is 1. The van der Waals surface area contributed by atoms with Crippen molar-refractivity contribution in [3.05, 3.63) is 69.1 Å². The van der Waals surface area contributed by atoms with Gasteiger partial charge in [-0.15, -0.1) is 16.4 Å². The van der Waals surface area contributed by atoms with Crippen LogP contribution in [-0.2, 0) is 38.3 Å². The van der Waals surface area contributed by atoms with Crippen LogP contribution in [0.5, 0.6) is 0 Å². The number of carbonyl (C=O) groups is 3. The van der Waals surface area contributed by atoms with Gasteiger partial charge in [0.1, 0.15) is 18.0 Å². The summed E-state index contributed by atoms with van der Waals surface area (Å²) in [4.78, 5) is 64.4. The van der Waals surface area contributed by atoms with Gasteiger partial charge >= 0.3 is 18.0 Å².